The fraction of sp³-hybridized carbons (Fsp3) is 0.350. The Hall–Kier alpha value is -2.60. The number of β-lactam (4-membered cyclic amide) rings is 1. The Balaban J connectivity index is 1.87. The van der Waals surface area contributed by atoms with Crippen molar-refractivity contribution < 1.29 is 23.4 Å². The van der Waals surface area contributed by atoms with Gasteiger partial charge in [-0.05, 0) is 24.6 Å². The number of benzene rings is 2. The number of halogens is 1. The Bertz CT molecular complexity index is 767. The van der Waals surface area contributed by atoms with Gasteiger partial charge in [-0.15, -0.1) is 0 Å². The van der Waals surface area contributed by atoms with Crippen molar-refractivity contribution in [1.29, 1.82) is 0 Å². The van der Waals surface area contributed by atoms with Crippen LogP contribution in [-0.4, -0.2) is 44.3 Å². The van der Waals surface area contributed by atoms with Gasteiger partial charge in [-0.25, -0.2) is 4.39 Å². The molecule has 0 aromatic heterocycles. The molecule has 6 heteroatoms. The second-order valence-corrected chi connectivity index (χ2v) is 6.03. The van der Waals surface area contributed by atoms with Crippen molar-refractivity contribution in [3.63, 3.8) is 0 Å². The Labute approximate surface area is 152 Å². The van der Waals surface area contributed by atoms with Gasteiger partial charge in [-0.3, -0.25) is 4.79 Å². The van der Waals surface area contributed by atoms with Gasteiger partial charge in [-0.2, -0.15) is 0 Å². The number of rotatable bonds is 8. The van der Waals surface area contributed by atoms with Gasteiger partial charge in [0.05, 0.1) is 7.11 Å². The molecular formula is C20H22FNO4. The molecule has 0 radical (unpaired) electrons. The Morgan fingerprint density at radius 1 is 1.04 bits per heavy atom. The monoisotopic (exact) mass is 359 g/mol. The topological polar surface area (TPSA) is 48.0 Å². The summed E-state index contributed by atoms with van der Waals surface area (Å²) in [5.41, 5.74) is 0.841. The highest BCUT2D eigenvalue weighted by atomic mass is 19.1. The standard InChI is InChI=1S/C20H22FNO4/c1-24-13-7-12-22-18(14-8-3-5-10-16(14)25-2)19(20(22)23)26-17-11-6-4-9-15(17)21/h3-6,8-11,18-19H,7,12-13H2,1-2H3/t18-,19+/m0/s1. The van der Waals surface area contributed by atoms with Gasteiger partial charge in [0.1, 0.15) is 11.8 Å². The maximum Gasteiger partial charge on any atom is 0.266 e. The van der Waals surface area contributed by atoms with Gasteiger partial charge < -0.3 is 19.1 Å². The number of nitrogens with zero attached hydrogens (tertiary/aromatic N) is 1. The molecule has 3 rings (SSSR count). The average Bonchev–Trinajstić information content (AvgIpc) is 2.67. The van der Waals surface area contributed by atoms with Crippen LogP contribution in [0.5, 0.6) is 11.5 Å². The molecule has 2 aromatic rings. The molecule has 5 nitrogen and oxygen atoms in total. The van der Waals surface area contributed by atoms with E-state index in [1.165, 1.54) is 12.1 Å². The van der Waals surface area contributed by atoms with Crippen LogP contribution in [0.2, 0.25) is 0 Å². The first-order chi connectivity index (χ1) is 12.7. The Kier molecular flexibility index (Phi) is 5.73. The third-order valence-corrected chi connectivity index (χ3v) is 4.44. The van der Waals surface area contributed by atoms with Gasteiger partial charge in [0.25, 0.3) is 5.91 Å². The highest BCUT2D eigenvalue weighted by molar-refractivity contribution is 5.89. The molecule has 1 heterocycles. The summed E-state index contributed by atoms with van der Waals surface area (Å²) in [4.78, 5) is 14.4. The van der Waals surface area contributed by atoms with Crippen LogP contribution < -0.4 is 9.47 Å². The molecule has 1 saturated heterocycles. The predicted octanol–water partition coefficient (Wildman–Crippen LogP) is 3.20. The third-order valence-electron chi connectivity index (χ3n) is 4.44. The minimum absolute atomic E-state index is 0.0716. The summed E-state index contributed by atoms with van der Waals surface area (Å²) in [6.45, 7) is 1.09. The van der Waals surface area contributed by atoms with Crippen molar-refractivity contribution in [3.05, 3.63) is 59.9 Å². The summed E-state index contributed by atoms with van der Waals surface area (Å²) in [5, 5.41) is 0. The molecule has 26 heavy (non-hydrogen) atoms. The van der Waals surface area contributed by atoms with Crippen LogP contribution in [0.1, 0.15) is 18.0 Å². The zero-order chi connectivity index (χ0) is 18.5. The molecule has 0 bridgehead atoms. The molecule has 0 spiro atoms. The first-order valence-electron chi connectivity index (χ1n) is 8.51. The third kappa shape index (κ3) is 3.51. The summed E-state index contributed by atoms with van der Waals surface area (Å²) in [5.74, 6) is 0.0864. The van der Waals surface area contributed by atoms with Crippen molar-refractivity contribution >= 4 is 5.91 Å². The van der Waals surface area contributed by atoms with Crippen molar-refractivity contribution in [1.82, 2.24) is 4.90 Å². The van der Waals surface area contributed by atoms with Gasteiger partial charge in [0.15, 0.2) is 11.6 Å². The molecule has 1 amide bonds. The number of carbonyl (C=O) groups excluding carboxylic acids is 1. The normalized spacial score (nSPS) is 19.2. The average molecular weight is 359 g/mol. The number of hydrogen-bond acceptors (Lipinski definition) is 4. The lowest BCUT2D eigenvalue weighted by Gasteiger charge is -2.47. The second kappa shape index (κ2) is 8.19. The lowest BCUT2D eigenvalue weighted by atomic mass is 9.89. The molecule has 1 fully saturated rings. The minimum Gasteiger partial charge on any atom is -0.496 e. The number of hydrogen-bond donors (Lipinski definition) is 0. The number of amides is 1. The van der Waals surface area contributed by atoms with E-state index in [0.717, 1.165) is 5.56 Å². The molecule has 0 N–H and O–H groups in total. The van der Waals surface area contributed by atoms with E-state index >= 15 is 0 Å². The number of methoxy groups -OCH3 is 2. The highest BCUT2D eigenvalue weighted by Crippen LogP contribution is 2.41. The summed E-state index contributed by atoms with van der Waals surface area (Å²) in [6, 6.07) is 13.2. The minimum atomic E-state index is -0.786. The number of ether oxygens (including phenoxy) is 3. The molecular weight excluding hydrogens is 337 g/mol. The fourth-order valence-corrected chi connectivity index (χ4v) is 3.18. The van der Waals surface area contributed by atoms with Crippen LogP contribution in [0.4, 0.5) is 4.39 Å². The Morgan fingerprint density at radius 3 is 2.42 bits per heavy atom. The van der Waals surface area contributed by atoms with Crippen molar-refractivity contribution in [2.45, 2.75) is 18.6 Å². The van der Waals surface area contributed by atoms with Crippen LogP contribution in [0.25, 0.3) is 0 Å². The van der Waals surface area contributed by atoms with Crippen LogP contribution in [0.3, 0.4) is 0 Å². The van der Waals surface area contributed by atoms with E-state index in [4.69, 9.17) is 14.2 Å². The van der Waals surface area contributed by atoms with E-state index in [1.54, 1.807) is 31.3 Å². The predicted molar refractivity (Wildman–Crippen MR) is 94.8 cm³/mol. The van der Waals surface area contributed by atoms with Gasteiger partial charge in [0, 0.05) is 25.8 Å². The van der Waals surface area contributed by atoms with E-state index in [-0.39, 0.29) is 17.7 Å². The van der Waals surface area contributed by atoms with E-state index < -0.39 is 11.9 Å². The largest absolute Gasteiger partial charge is 0.496 e. The van der Waals surface area contributed by atoms with E-state index in [9.17, 15) is 9.18 Å². The van der Waals surface area contributed by atoms with Gasteiger partial charge in [-0.1, -0.05) is 30.3 Å². The molecule has 0 aliphatic carbocycles. The van der Waals surface area contributed by atoms with Gasteiger partial charge >= 0.3 is 0 Å². The van der Waals surface area contributed by atoms with E-state index in [2.05, 4.69) is 0 Å². The van der Waals surface area contributed by atoms with Crippen LogP contribution >= 0.6 is 0 Å². The lowest BCUT2D eigenvalue weighted by molar-refractivity contribution is -0.164. The van der Waals surface area contributed by atoms with Crippen LogP contribution in [0.15, 0.2) is 48.5 Å². The second-order valence-electron chi connectivity index (χ2n) is 6.03. The lowest BCUT2D eigenvalue weighted by Crippen LogP contribution is -2.61. The Morgan fingerprint density at radius 2 is 1.73 bits per heavy atom. The molecule has 1 aliphatic rings. The number of para-hydroxylation sites is 2. The molecule has 138 valence electrons. The first-order valence-corrected chi connectivity index (χ1v) is 8.51. The molecule has 2 atom stereocenters. The molecule has 2 aromatic carbocycles. The zero-order valence-electron chi connectivity index (χ0n) is 14.9. The number of carbonyl (C=O) groups is 1. The van der Waals surface area contributed by atoms with Gasteiger partial charge in [0.2, 0.25) is 6.10 Å². The summed E-state index contributed by atoms with van der Waals surface area (Å²) in [6.07, 6.45) is -0.0777. The van der Waals surface area contributed by atoms with Crippen molar-refractivity contribution in [3.8, 4) is 11.5 Å². The maximum atomic E-state index is 14.0. The summed E-state index contributed by atoms with van der Waals surface area (Å²) in [7, 11) is 3.21. The maximum absolute atomic E-state index is 14.0. The number of likely N-dealkylation sites (tertiary alicyclic amines) is 1. The zero-order valence-corrected chi connectivity index (χ0v) is 14.9. The van der Waals surface area contributed by atoms with Crippen LogP contribution in [0, 0.1) is 5.82 Å². The summed E-state index contributed by atoms with van der Waals surface area (Å²) >= 11 is 0. The molecule has 0 unspecified atom stereocenters. The van der Waals surface area contributed by atoms with E-state index in [0.29, 0.717) is 25.3 Å². The van der Waals surface area contributed by atoms with E-state index in [1.807, 2.05) is 24.3 Å². The first kappa shape index (κ1) is 18.2. The highest BCUT2D eigenvalue weighted by Gasteiger charge is 2.51. The van der Waals surface area contributed by atoms with Crippen LogP contribution in [-0.2, 0) is 9.53 Å². The fourth-order valence-electron chi connectivity index (χ4n) is 3.18. The SMILES string of the molecule is COCCCN1C(=O)[C@H](Oc2ccccc2F)[C@@H]1c1ccccc1OC. The molecule has 0 saturated carbocycles. The van der Waals surface area contributed by atoms with Crippen molar-refractivity contribution in [2.24, 2.45) is 0 Å². The molecule has 1 aliphatic heterocycles. The quantitative estimate of drug-likeness (QED) is 0.536. The summed E-state index contributed by atoms with van der Waals surface area (Å²) < 4.78 is 30.2. The smallest absolute Gasteiger partial charge is 0.266 e. The van der Waals surface area contributed by atoms with Crippen molar-refractivity contribution in [2.75, 3.05) is 27.4 Å².